The van der Waals surface area contributed by atoms with Gasteiger partial charge in [0.05, 0.1) is 12.8 Å². The molecule has 0 spiro atoms. The second kappa shape index (κ2) is 8.96. The lowest BCUT2D eigenvalue weighted by Crippen LogP contribution is -2.14. The number of aromatic nitrogens is 1. The van der Waals surface area contributed by atoms with Crippen LogP contribution in [0.4, 0.5) is 0 Å². The first-order valence-corrected chi connectivity index (χ1v) is 6.22. The highest BCUT2D eigenvalue weighted by atomic mass is 16.5. The predicted molar refractivity (Wildman–Crippen MR) is 68.2 cm³/mol. The van der Waals surface area contributed by atoms with Crippen molar-refractivity contribution < 1.29 is 9.47 Å². The van der Waals surface area contributed by atoms with Crippen molar-refractivity contribution in [3.05, 3.63) is 24.0 Å². The molecule has 0 aliphatic rings. The molecule has 0 unspecified atom stereocenters. The zero-order chi connectivity index (χ0) is 12.3. The Labute approximate surface area is 103 Å². The van der Waals surface area contributed by atoms with Crippen LogP contribution in [0.25, 0.3) is 0 Å². The van der Waals surface area contributed by atoms with Crippen molar-refractivity contribution in [1.29, 1.82) is 0 Å². The van der Waals surface area contributed by atoms with Crippen LogP contribution in [-0.2, 0) is 11.3 Å². The van der Waals surface area contributed by atoms with E-state index in [0.29, 0.717) is 13.2 Å². The molecule has 0 atom stereocenters. The zero-order valence-corrected chi connectivity index (χ0v) is 10.7. The topological polar surface area (TPSA) is 43.4 Å². The maximum atomic E-state index is 5.65. The van der Waals surface area contributed by atoms with Gasteiger partial charge in [0.15, 0.2) is 0 Å². The van der Waals surface area contributed by atoms with E-state index >= 15 is 0 Å². The van der Waals surface area contributed by atoms with Gasteiger partial charge in [0.25, 0.3) is 0 Å². The lowest BCUT2D eigenvalue weighted by molar-refractivity contribution is 0.100. The van der Waals surface area contributed by atoms with Crippen LogP contribution in [0.3, 0.4) is 0 Å². The second-order valence-electron chi connectivity index (χ2n) is 3.72. The zero-order valence-electron chi connectivity index (χ0n) is 10.7. The molecule has 0 aliphatic carbocycles. The number of nitrogens with one attached hydrogen (secondary N) is 1. The van der Waals surface area contributed by atoms with Crippen LogP contribution in [0, 0.1) is 0 Å². The molecule has 0 fully saturated rings. The molecule has 4 heteroatoms. The summed E-state index contributed by atoms with van der Waals surface area (Å²) in [6.07, 6.45) is 4.58. The molecule has 1 N–H and O–H groups in total. The number of nitrogens with zero attached hydrogens (tertiary/aromatic N) is 1. The standard InChI is InChI=1S/C13H22N2O2/c1-3-7-16-8-9-17-13-11-15-6-5-12(13)10-14-4-2/h5-6,11,14H,3-4,7-10H2,1-2H3. The van der Waals surface area contributed by atoms with Crippen molar-refractivity contribution in [3.8, 4) is 5.75 Å². The molecule has 1 rings (SSSR count). The van der Waals surface area contributed by atoms with E-state index < -0.39 is 0 Å². The molecule has 0 saturated carbocycles. The van der Waals surface area contributed by atoms with Crippen LogP contribution in [0.15, 0.2) is 18.5 Å². The van der Waals surface area contributed by atoms with E-state index in [-0.39, 0.29) is 0 Å². The van der Waals surface area contributed by atoms with Gasteiger partial charge in [-0.1, -0.05) is 13.8 Å². The first kappa shape index (κ1) is 13.9. The third-order valence-electron chi connectivity index (χ3n) is 2.27. The van der Waals surface area contributed by atoms with Crippen LogP contribution in [0.1, 0.15) is 25.8 Å². The average molecular weight is 238 g/mol. The van der Waals surface area contributed by atoms with E-state index in [9.17, 15) is 0 Å². The van der Waals surface area contributed by atoms with Gasteiger partial charge in [0.2, 0.25) is 0 Å². The van der Waals surface area contributed by atoms with E-state index in [1.165, 1.54) is 0 Å². The number of hydrogen-bond donors (Lipinski definition) is 1. The number of hydrogen-bond acceptors (Lipinski definition) is 4. The Bertz CT molecular complexity index is 305. The summed E-state index contributed by atoms with van der Waals surface area (Å²) in [7, 11) is 0. The molecule has 96 valence electrons. The van der Waals surface area contributed by atoms with Gasteiger partial charge in [-0.25, -0.2) is 0 Å². The van der Waals surface area contributed by atoms with Gasteiger partial charge in [-0.15, -0.1) is 0 Å². The maximum absolute atomic E-state index is 5.65. The Hall–Kier alpha value is -1.13. The van der Waals surface area contributed by atoms with Crippen molar-refractivity contribution in [2.24, 2.45) is 0 Å². The van der Waals surface area contributed by atoms with Crippen molar-refractivity contribution in [3.63, 3.8) is 0 Å². The monoisotopic (exact) mass is 238 g/mol. The first-order chi connectivity index (χ1) is 8.38. The van der Waals surface area contributed by atoms with Gasteiger partial charge >= 0.3 is 0 Å². The van der Waals surface area contributed by atoms with E-state index in [2.05, 4.69) is 24.1 Å². The van der Waals surface area contributed by atoms with Gasteiger partial charge < -0.3 is 14.8 Å². The quantitative estimate of drug-likeness (QED) is 0.668. The largest absolute Gasteiger partial charge is 0.489 e. The summed E-state index contributed by atoms with van der Waals surface area (Å²) in [5, 5.41) is 3.28. The summed E-state index contributed by atoms with van der Waals surface area (Å²) >= 11 is 0. The van der Waals surface area contributed by atoms with Gasteiger partial charge in [-0.3, -0.25) is 4.98 Å². The van der Waals surface area contributed by atoms with Crippen LogP contribution < -0.4 is 10.1 Å². The third-order valence-corrected chi connectivity index (χ3v) is 2.27. The fourth-order valence-electron chi connectivity index (χ4n) is 1.40. The highest BCUT2D eigenvalue weighted by Gasteiger charge is 2.02. The fraction of sp³-hybridized carbons (Fsp3) is 0.615. The number of rotatable bonds is 9. The normalized spacial score (nSPS) is 10.5. The SMILES string of the molecule is CCCOCCOc1cnccc1CNCC. The fourth-order valence-corrected chi connectivity index (χ4v) is 1.40. The minimum Gasteiger partial charge on any atom is -0.489 e. The minimum atomic E-state index is 0.574. The van der Waals surface area contributed by atoms with E-state index in [0.717, 1.165) is 37.4 Å². The van der Waals surface area contributed by atoms with Gasteiger partial charge in [-0.05, 0) is 19.0 Å². The smallest absolute Gasteiger partial charge is 0.142 e. The average Bonchev–Trinajstić information content (AvgIpc) is 2.37. The third kappa shape index (κ3) is 5.65. The summed E-state index contributed by atoms with van der Waals surface area (Å²) in [6.45, 7) is 7.93. The summed E-state index contributed by atoms with van der Waals surface area (Å²) < 4.78 is 11.0. The summed E-state index contributed by atoms with van der Waals surface area (Å²) in [5.41, 5.74) is 1.14. The van der Waals surface area contributed by atoms with Crippen LogP contribution in [0.2, 0.25) is 0 Å². The Morgan fingerprint density at radius 1 is 1.24 bits per heavy atom. The van der Waals surface area contributed by atoms with Crippen LogP contribution in [-0.4, -0.2) is 31.3 Å². The Balaban J connectivity index is 2.35. The molecule has 0 aromatic carbocycles. The van der Waals surface area contributed by atoms with E-state index in [1.807, 2.05) is 6.07 Å². The van der Waals surface area contributed by atoms with Crippen molar-refractivity contribution >= 4 is 0 Å². The van der Waals surface area contributed by atoms with Crippen molar-refractivity contribution in [2.45, 2.75) is 26.8 Å². The molecule has 1 aromatic rings. The molecule has 1 heterocycles. The molecule has 4 nitrogen and oxygen atoms in total. The molecule has 1 aromatic heterocycles. The van der Waals surface area contributed by atoms with Crippen molar-refractivity contribution in [1.82, 2.24) is 10.3 Å². The van der Waals surface area contributed by atoms with Crippen LogP contribution >= 0.6 is 0 Å². The second-order valence-corrected chi connectivity index (χ2v) is 3.72. The molecule has 0 amide bonds. The first-order valence-electron chi connectivity index (χ1n) is 6.22. The number of pyridine rings is 1. The highest BCUT2D eigenvalue weighted by Crippen LogP contribution is 2.15. The summed E-state index contributed by atoms with van der Waals surface area (Å²) in [6, 6.07) is 1.98. The minimum absolute atomic E-state index is 0.574. The van der Waals surface area contributed by atoms with E-state index in [4.69, 9.17) is 9.47 Å². The molecule has 0 bridgehead atoms. The molecule has 0 saturated heterocycles. The molecular formula is C13H22N2O2. The van der Waals surface area contributed by atoms with Gasteiger partial charge in [0, 0.05) is 24.9 Å². The Kier molecular flexibility index (Phi) is 7.34. The molecule has 0 radical (unpaired) electrons. The lowest BCUT2D eigenvalue weighted by Gasteiger charge is -2.11. The van der Waals surface area contributed by atoms with Gasteiger partial charge in [0.1, 0.15) is 12.4 Å². The summed E-state index contributed by atoms with van der Waals surface area (Å²) in [4.78, 5) is 4.07. The van der Waals surface area contributed by atoms with Crippen molar-refractivity contribution in [2.75, 3.05) is 26.4 Å². The lowest BCUT2D eigenvalue weighted by atomic mass is 10.2. The molecular weight excluding hydrogens is 216 g/mol. The molecule has 0 aliphatic heterocycles. The maximum Gasteiger partial charge on any atom is 0.142 e. The van der Waals surface area contributed by atoms with Gasteiger partial charge in [-0.2, -0.15) is 0 Å². The Morgan fingerprint density at radius 2 is 2.12 bits per heavy atom. The predicted octanol–water partition coefficient (Wildman–Crippen LogP) is 2.00. The molecule has 17 heavy (non-hydrogen) atoms. The summed E-state index contributed by atoms with van der Waals surface area (Å²) in [5.74, 6) is 0.841. The Morgan fingerprint density at radius 3 is 2.88 bits per heavy atom. The number of ether oxygens (including phenoxy) is 2. The van der Waals surface area contributed by atoms with Crippen LogP contribution in [0.5, 0.6) is 5.75 Å². The highest BCUT2D eigenvalue weighted by molar-refractivity contribution is 5.29. The van der Waals surface area contributed by atoms with E-state index in [1.54, 1.807) is 12.4 Å².